The van der Waals surface area contributed by atoms with Gasteiger partial charge >= 0.3 is 0 Å². The summed E-state index contributed by atoms with van der Waals surface area (Å²) in [5, 5.41) is 4.70. The summed E-state index contributed by atoms with van der Waals surface area (Å²) < 4.78 is 11.3. The summed E-state index contributed by atoms with van der Waals surface area (Å²) in [4.78, 5) is 12.2. The fourth-order valence-corrected chi connectivity index (χ4v) is 2.81. The van der Waals surface area contributed by atoms with Gasteiger partial charge in [0.1, 0.15) is 18.1 Å². The highest BCUT2D eigenvalue weighted by Gasteiger charge is 2.04. The van der Waals surface area contributed by atoms with Crippen LogP contribution in [0.4, 0.5) is 0 Å². The van der Waals surface area contributed by atoms with Crippen LogP contribution < -0.4 is 14.9 Å². The van der Waals surface area contributed by atoms with E-state index in [0.717, 1.165) is 29.0 Å². The zero-order valence-electron chi connectivity index (χ0n) is 16.7. The van der Waals surface area contributed by atoms with Crippen LogP contribution in [0.25, 0.3) is 0 Å². The molecule has 0 spiro atoms. The van der Waals surface area contributed by atoms with Crippen molar-refractivity contribution in [1.82, 2.24) is 5.43 Å². The quantitative estimate of drug-likeness (QED) is 0.367. The number of hydrazone groups is 1. The molecule has 0 aliphatic carbocycles. The zero-order chi connectivity index (χ0) is 21.2. The molecule has 1 amide bonds. The van der Waals surface area contributed by atoms with Gasteiger partial charge in [-0.25, -0.2) is 5.43 Å². The average Bonchev–Trinajstić information content (AvgIpc) is 2.77. The Hall–Kier alpha value is -3.31. The van der Waals surface area contributed by atoms with Crippen LogP contribution in [0.1, 0.15) is 34.8 Å². The van der Waals surface area contributed by atoms with Crippen LogP contribution in [0.3, 0.4) is 0 Å². The maximum Gasteiger partial charge on any atom is 0.271 e. The van der Waals surface area contributed by atoms with Gasteiger partial charge in [-0.1, -0.05) is 30.7 Å². The maximum atomic E-state index is 12.2. The van der Waals surface area contributed by atoms with Crippen molar-refractivity contribution in [3.8, 4) is 11.5 Å². The Morgan fingerprint density at radius 2 is 1.70 bits per heavy atom. The van der Waals surface area contributed by atoms with Crippen LogP contribution in [-0.2, 0) is 6.61 Å². The third-order valence-corrected chi connectivity index (χ3v) is 4.38. The monoisotopic (exact) mass is 422 g/mol. The Morgan fingerprint density at radius 3 is 2.40 bits per heavy atom. The normalized spacial score (nSPS) is 10.7. The van der Waals surface area contributed by atoms with Gasteiger partial charge in [-0.2, -0.15) is 5.10 Å². The molecule has 0 saturated heterocycles. The second-order valence-corrected chi connectivity index (χ2v) is 7.00. The predicted molar refractivity (Wildman–Crippen MR) is 120 cm³/mol. The van der Waals surface area contributed by atoms with Crippen molar-refractivity contribution < 1.29 is 14.3 Å². The van der Waals surface area contributed by atoms with E-state index >= 15 is 0 Å². The fraction of sp³-hybridized carbons (Fsp3) is 0.167. The number of halogens is 1. The molecule has 3 rings (SSSR count). The van der Waals surface area contributed by atoms with Crippen LogP contribution in [0.5, 0.6) is 11.5 Å². The Balaban J connectivity index is 1.48. The highest BCUT2D eigenvalue weighted by atomic mass is 35.5. The number of ether oxygens (including phenoxy) is 2. The lowest BCUT2D eigenvalue weighted by Gasteiger charge is -2.07. The first-order chi connectivity index (χ1) is 14.6. The van der Waals surface area contributed by atoms with E-state index in [1.54, 1.807) is 30.5 Å². The lowest BCUT2D eigenvalue weighted by Crippen LogP contribution is -2.17. The van der Waals surface area contributed by atoms with Gasteiger partial charge in [0.2, 0.25) is 0 Å². The number of carbonyl (C=O) groups is 1. The molecule has 0 saturated carbocycles. The Labute approximate surface area is 181 Å². The van der Waals surface area contributed by atoms with E-state index in [0.29, 0.717) is 23.8 Å². The van der Waals surface area contributed by atoms with Gasteiger partial charge in [0.15, 0.2) is 0 Å². The first-order valence-corrected chi connectivity index (χ1v) is 10.1. The van der Waals surface area contributed by atoms with Crippen molar-refractivity contribution in [3.05, 3.63) is 94.5 Å². The van der Waals surface area contributed by atoms with Crippen molar-refractivity contribution >= 4 is 23.7 Å². The van der Waals surface area contributed by atoms with Gasteiger partial charge in [-0.15, -0.1) is 0 Å². The summed E-state index contributed by atoms with van der Waals surface area (Å²) >= 11 is 5.98. The molecule has 0 unspecified atom stereocenters. The summed E-state index contributed by atoms with van der Waals surface area (Å²) in [5.41, 5.74) is 4.88. The first kappa shape index (κ1) is 21.4. The third-order valence-electron chi connectivity index (χ3n) is 4.14. The van der Waals surface area contributed by atoms with E-state index in [1.807, 2.05) is 55.5 Å². The number of benzene rings is 3. The summed E-state index contributed by atoms with van der Waals surface area (Å²) in [7, 11) is 0. The van der Waals surface area contributed by atoms with Gasteiger partial charge in [0.05, 0.1) is 12.8 Å². The van der Waals surface area contributed by atoms with E-state index in [2.05, 4.69) is 10.5 Å². The number of nitrogens with one attached hydrogen (secondary N) is 1. The molecule has 3 aromatic rings. The van der Waals surface area contributed by atoms with Crippen LogP contribution in [0, 0.1) is 0 Å². The number of hydrogen-bond donors (Lipinski definition) is 1. The molecule has 0 bridgehead atoms. The number of amides is 1. The lowest BCUT2D eigenvalue weighted by molar-refractivity contribution is 0.0955. The molecule has 154 valence electrons. The van der Waals surface area contributed by atoms with Gasteiger partial charge < -0.3 is 9.47 Å². The Kier molecular flexibility index (Phi) is 7.86. The number of nitrogens with zero attached hydrogens (tertiary/aromatic N) is 1. The van der Waals surface area contributed by atoms with E-state index in [1.165, 1.54) is 0 Å². The van der Waals surface area contributed by atoms with Gasteiger partial charge in [0.25, 0.3) is 5.91 Å². The second-order valence-electron chi connectivity index (χ2n) is 6.56. The standard InChI is InChI=1S/C24H23ClN2O3/c1-2-14-29-22-12-8-20(9-13-22)24(28)27-26-16-18-6-10-23(11-7-18)30-17-19-4-3-5-21(25)15-19/h3-13,15-16H,2,14,17H2,1H3,(H,27,28)/b26-16-. The summed E-state index contributed by atoms with van der Waals surface area (Å²) in [6, 6.07) is 21.9. The van der Waals surface area contributed by atoms with Crippen LogP contribution in [0.2, 0.25) is 5.02 Å². The van der Waals surface area contributed by atoms with Crippen molar-refractivity contribution in [2.45, 2.75) is 20.0 Å². The van der Waals surface area contributed by atoms with E-state index in [9.17, 15) is 4.79 Å². The minimum absolute atomic E-state index is 0.283. The van der Waals surface area contributed by atoms with E-state index in [4.69, 9.17) is 21.1 Å². The average molecular weight is 423 g/mol. The lowest BCUT2D eigenvalue weighted by atomic mass is 10.2. The summed E-state index contributed by atoms with van der Waals surface area (Å²) in [6.07, 6.45) is 2.52. The smallest absolute Gasteiger partial charge is 0.271 e. The molecule has 0 heterocycles. The molecule has 0 aliphatic heterocycles. The molecular formula is C24H23ClN2O3. The highest BCUT2D eigenvalue weighted by Crippen LogP contribution is 2.16. The molecule has 1 N–H and O–H groups in total. The van der Waals surface area contributed by atoms with Crippen molar-refractivity contribution in [1.29, 1.82) is 0 Å². The molecular weight excluding hydrogens is 400 g/mol. The number of carbonyl (C=O) groups excluding carboxylic acids is 1. The van der Waals surface area contributed by atoms with Gasteiger partial charge in [0, 0.05) is 10.6 Å². The van der Waals surface area contributed by atoms with Gasteiger partial charge in [-0.05, 0) is 78.2 Å². The van der Waals surface area contributed by atoms with Gasteiger partial charge in [-0.3, -0.25) is 4.79 Å². The largest absolute Gasteiger partial charge is 0.494 e. The molecule has 0 aromatic heterocycles. The fourth-order valence-electron chi connectivity index (χ4n) is 2.60. The van der Waals surface area contributed by atoms with Crippen LogP contribution in [-0.4, -0.2) is 18.7 Å². The molecule has 0 aliphatic rings. The molecule has 0 fully saturated rings. The topological polar surface area (TPSA) is 59.9 Å². The second kappa shape index (κ2) is 11.0. The molecule has 3 aromatic carbocycles. The maximum absolute atomic E-state index is 12.2. The highest BCUT2D eigenvalue weighted by molar-refractivity contribution is 6.30. The summed E-state index contributed by atoms with van der Waals surface area (Å²) in [5.74, 6) is 1.20. The number of rotatable bonds is 9. The van der Waals surface area contributed by atoms with Crippen molar-refractivity contribution in [3.63, 3.8) is 0 Å². The predicted octanol–water partition coefficient (Wildman–Crippen LogP) is 5.47. The minimum atomic E-state index is -0.283. The van der Waals surface area contributed by atoms with Crippen LogP contribution in [0.15, 0.2) is 77.9 Å². The SMILES string of the molecule is CCCOc1ccc(C(=O)N/N=C\c2ccc(OCc3cccc(Cl)c3)cc2)cc1. The molecule has 5 nitrogen and oxygen atoms in total. The zero-order valence-corrected chi connectivity index (χ0v) is 17.4. The van der Waals surface area contributed by atoms with Crippen LogP contribution >= 0.6 is 11.6 Å². The molecule has 6 heteroatoms. The van der Waals surface area contributed by atoms with Crippen molar-refractivity contribution in [2.24, 2.45) is 5.10 Å². The first-order valence-electron chi connectivity index (χ1n) is 9.67. The molecule has 30 heavy (non-hydrogen) atoms. The Morgan fingerprint density at radius 1 is 1.00 bits per heavy atom. The number of hydrogen-bond acceptors (Lipinski definition) is 4. The van der Waals surface area contributed by atoms with E-state index in [-0.39, 0.29) is 5.91 Å². The molecule has 0 atom stereocenters. The summed E-state index contributed by atoms with van der Waals surface area (Å²) in [6.45, 7) is 3.13. The molecule has 0 radical (unpaired) electrons. The third kappa shape index (κ3) is 6.64. The minimum Gasteiger partial charge on any atom is -0.494 e. The Bertz CT molecular complexity index is 986. The van der Waals surface area contributed by atoms with Crippen molar-refractivity contribution in [2.75, 3.05) is 6.61 Å². The van der Waals surface area contributed by atoms with E-state index < -0.39 is 0 Å².